The Morgan fingerprint density at radius 2 is 1.67 bits per heavy atom. The van der Waals surface area contributed by atoms with E-state index in [-0.39, 0.29) is 11.4 Å². The van der Waals surface area contributed by atoms with Crippen LogP contribution >= 0.6 is 11.3 Å². The molecular formula is C28H29NO3S. The first-order valence-electron chi connectivity index (χ1n) is 12.1. The number of phenols is 1. The summed E-state index contributed by atoms with van der Waals surface area (Å²) in [6, 6.07) is 13.6. The molecule has 4 aliphatic rings. The zero-order chi connectivity index (χ0) is 22.6. The third-order valence-electron chi connectivity index (χ3n) is 8.04. The van der Waals surface area contributed by atoms with Crippen molar-refractivity contribution in [3.05, 3.63) is 59.8 Å². The minimum absolute atomic E-state index is 0.158. The van der Waals surface area contributed by atoms with Gasteiger partial charge in [-0.3, -0.25) is 0 Å². The number of phenolic OH excluding ortho intramolecular Hbond substituents is 1. The molecule has 4 fully saturated rings. The molecule has 0 saturated heterocycles. The Bertz CT molecular complexity index is 1160. The van der Waals surface area contributed by atoms with Crippen LogP contribution < -0.4 is 0 Å². The van der Waals surface area contributed by atoms with Gasteiger partial charge in [0.15, 0.2) is 0 Å². The molecule has 4 nitrogen and oxygen atoms in total. The lowest BCUT2D eigenvalue weighted by Gasteiger charge is -2.57. The average Bonchev–Trinajstić information content (AvgIpc) is 3.29. The number of aromatic nitrogens is 1. The van der Waals surface area contributed by atoms with E-state index < -0.39 is 0 Å². The molecule has 5 heteroatoms. The van der Waals surface area contributed by atoms with Gasteiger partial charge in [-0.05, 0) is 105 Å². The van der Waals surface area contributed by atoms with Gasteiger partial charge in [0.25, 0.3) is 0 Å². The van der Waals surface area contributed by atoms with Crippen molar-refractivity contribution >= 4 is 17.3 Å². The van der Waals surface area contributed by atoms with E-state index >= 15 is 0 Å². The standard InChI is InChI=1S/C28H29NO3S/c1-2-32-27(31)21-5-3-20(4-6-21)26-29-16-25(33-26)22-7-8-24(30)23(12-22)28-13-17-9-18(14-28)11-19(10-17)15-28/h3-8,12,16-19,30H,2,9-11,13-15H2,1H3. The van der Waals surface area contributed by atoms with E-state index in [4.69, 9.17) is 4.74 Å². The summed E-state index contributed by atoms with van der Waals surface area (Å²) in [6.45, 7) is 2.18. The topological polar surface area (TPSA) is 59.4 Å². The number of nitrogens with zero attached hydrogens (tertiary/aromatic N) is 1. The van der Waals surface area contributed by atoms with Gasteiger partial charge in [0.05, 0.1) is 17.0 Å². The summed E-state index contributed by atoms with van der Waals surface area (Å²) in [6.07, 6.45) is 9.81. The van der Waals surface area contributed by atoms with Gasteiger partial charge in [0, 0.05) is 17.3 Å². The average molecular weight is 460 g/mol. The lowest BCUT2D eigenvalue weighted by molar-refractivity contribution is -0.00611. The predicted octanol–water partition coefficient (Wildman–Crippen LogP) is 6.83. The minimum atomic E-state index is -0.301. The van der Waals surface area contributed by atoms with Gasteiger partial charge >= 0.3 is 5.97 Å². The molecule has 0 amide bonds. The SMILES string of the molecule is CCOC(=O)c1ccc(-c2ncc(-c3ccc(O)c(C45CC6CC(CC(C6)C4)C5)c3)s2)cc1. The van der Waals surface area contributed by atoms with Crippen molar-refractivity contribution in [2.45, 2.75) is 50.9 Å². The number of hydrogen-bond acceptors (Lipinski definition) is 5. The Morgan fingerprint density at radius 3 is 2.30 bits per heavy atom. The van der Waals surface area contributed by atoms with Gasteiger partial charge in [0.1, 0.15) is 10.8 Å². The molecule has 0 aliphatic heterocycles. The molecule has 1 N–H and O–H groups in total. The van der Waals surface area contributed by atoms with Crippen LogP contribution in [0.25, 0.3) is 21.0 Å². The molecule has 0 unspecified atom stereocenters. The van der Waals surface area contributed by atoms with E-state index in [1.807, 2.05) is 30.5 Å². The van der Waals surface area contributed by atoms with Gasteiger partial charge in [-0.1, -0.05) is 12.1 Å². The summed E-state index contributed by atoms with van der Waals surface area (Å²) in [4.78, 5) is 17.7. The van der Waals surface area contributed by atoms with Crippen LogP contribution in [-0.4, -0.2) is 22.7 Å². The number of ether oxygens (including phenoxy) is 1. The van der Waals surface area contributed by atoms with Crippen LogP contribution in [0.5, 0.6) is 5.75 Å². The Balaban J connectivity index is 1.29. The molecule has 1 aromatic heterocycles. The summed E-state index contributed by atoms with van der Waals surface area (Å²) < 4.78 is 5.07. The molecule has 0 spiro atoms. The second-order valence-corrected chi connectivity index (χ2v) is 11.3. The zero-order valence-corrected chi connectivity index (χ0v) is 19.7. The van der Waals surface area contributed by atoms with Crippen molar-refractivity contribution in [2.24, 2.45) is 17.8 Å². The molecule has 7 rings (SSSR count). The first kappa shape index (κ1) is 20.9. The van der Waals surface area contributed by atoms with Crippen molar-refractivity contribution in [1.82, 2.24) is 4.98 Å². The highest BCUT2D eigenvalue weighted by Gasteiger charge is 2.52. The monoisotopic (exact) mass is 459 g/mol. The summed E-state index contributed by atoms with van der Waals surface area (Å²) in [5.74, 6) is 2.68. The molecule has 170 valence electrons. The largest absolute Gasteiger partial charge is 0.508 e. The first-order chi connectivity index (χ1) is 16.0. The number of rotatable bonds is 5. The number of thiazole rings is 1. The van der Waals surface area contributed by atoms with E-state index in [0.29, 0.717) is 17.9 Å². The van der Waals surface area contributed by atoms with Crippen LogP contribution in [0.1, 0.15) is 61.4 Å². The Labute approximate surface area is 198 Å². The van der Waals surface area contributed by atoms with Crippen molar-refractivity contribution in [3.8, 4) is 26.8 Å². The van der Waals surface area contributed by atoms with Crippen molar-refractivity contribution in [1.29, 1.82) is 0 Å². The molecule has 33 heavy (non-hydrogen) atoms. The van der Waals surface area contributed by atoms with Gasteiger partial charge in [0.2, 0.25) is 0 Å². The number of carbonyl (C=O) groups excluding carboxylic acids is 1. The molecule has 4 aliphatic carbocycles. The normalized spacial score (nSPS) is 27.6. The van der Waals surface area contributed by atoms with Gasteiger partial charge in [-0.15, -0.1) is 11.3 Å². The molecular weight excluding hydrogens is 430 g/mol. The van der Waals surface area contributed by atoms with Crippen LogP contribution in [0.15, 0.2) is 48.7 Å². The number of benzene rings is 2. The van der Waals surface area contributed by atoms with E-state index in [1.165, 1.54) is 38.5 Å². The van der Waals surface area contributed by atoms with Gasteiger partial charge in [-0.25, -0.2) is 9.78 Å². The highest BCUT2D eigenvalue weighted by Crippen LogP contribution is 2.62. The van der Waals surface area contributed by atoms with Crippen LogP contribution in [-0.2, 0) is 10.2 Å². The fraction of sp³-hybridized carbons (Fsp3) is 0.429. The van der Waals surface area contributed by atoms with Crippen LogP contribution in [0.2, 0.25) is 0 Å². The second kappa shape index (κ2) is 7.98. The molecule has 0 radical (unpaired) electrons. The Morgan fingerprint density at radius 1 is 1.03 bits per heavy atom. The molecule has 2 aromatic carbocycles. The summed E-state index contributed by atoms with van der Waals surface area (Å²) in [5, 5.41) is 11.8. The molecule has 1 heterocycles. The van der Waals surface area contributed by atoms with Gasteiger partial charge in [-0.2, -0.15) is 0 Å². The first-order valence-corrected chi connectivity index (χ1v) is 12.9. The Hall–Kier alpha value is -2.66. The van der Waals surface area contributed by atoms with Crippen molar-refractivity contribution in [2.75, 3.05) is 6.61 Å². The highest BCUT2D eigenvalue weighted by molar-refractivity contribution is 7.18. The van der Waals surface area contributed by atoms with Crippen LogP contribution in [0.4, 0.5) is 0 Å². The lowest BCUT2D eigenvalue weighted by Crippen LogP contribution is -2.48. The molecule has 4 bridgehead atoms. The third kappa shape index (κ3) is 3.67. The number of esters is 1. The van der Waals surface area contributed by atoms with Gasteiger partial charge < -0.3 is 9.84 Å². The van der Waals surface area contributed by atoms with E-state index in [2.05, 4.69) is 11.1 Å². The quantitative estimate of drug-likeness (QED) is 0.425. The van der Waals surface area contributed by atoms with E-state index in [1.54, 1.807) is 30.4 Å². The number of hydrogen-bond donors (Lipinski definition) is 1. The second-order valence-electron chi connectivity index (χ2n) is 10.3. The molecule has 0 atom stereocenters. The highest BCUT2D eigenvalue weighted by atomic mass is 32.1. The smallest absolute Gasteiger partial charge is 0.338 e. The maximum Gasteiger partial charge on any atom is 0.338 e. The predicted molar refractivity (Wildman–Crippen MR) is 130 cm³/mol. The van der Waals surface area contributed by atoms with E-state index in [9.17, 15) is 9.90 Å². The van der Waals surface area contributed by atoms with Crippen LogP contribution in [0, 0.1) is 17.8 Å². The summed E-state index contributed by atoms with van der Waals surface area (Å²) >= 11 is 1.65. The minimum Gasteiger partial charge on any atom is -0.508 e. The van der Waals surface area contributed by atoms with Crippen molar-refractivity contribution < 1.29 is 14.6 Å². The summed E-state index contributed by atoms with van der Waals surface area (Å²) in [7, 11) is 0. The fourth-order valence-corrected chi connectivity index (χ4v) is 7.98. The van der Waals surface area contributed by atoms with Crippen LogP contribution in [0.3, 0.4) is 0 Å². The Kier molecular flexibility index (Phi) is 5.06. The number of aromatic hydroxyl groups is 1. The molecule has 3 aromatic rings. The third-order valence-corrected chi connectivity index (χ3v) is 9.13. The summed E-state index contributed by atoms with van der Waals surface area (Å²) in [5.41, 5.74) is 3.99. The lowest BCUT2D eigenvalue weighted by atomic mass is 9.48. The fourth-order valence-electron chi connectivity index (χ4n) is 7.06. The van der Waals surface area contributed by atoms with Crippen molar-refractivity contribution in [3.63, 3.8) is 0 Å². The molecule has 4 saturated carbocycles. The zero-order valence-electron chi connectivity index (χ0n) is 18.9. The number of carbonyl (C=O) groups is 1. The maximum absolute atomic E-state index is 11.9. The maximum atomic E-state index is 11.9. The van der Waals surface area contributed by atoms with E-state index in [0.717, 1.165) is 44.3 Å².